The SMILES string of the molecule is COC1(C(=O)NCCc2nc3ccc(F)cc3[nH]2)CCNCC1. The van der Waals surface area contributed by atoms with Gasteiger partial charge in [0.15, 0.2) is 0 Å². The topological polar surface area (TPSA) is 79.0 Å². The minimum absolute atomic E-state index is 0.0799. The molecular weight excluding hydrogens is 299 g/mol. The van der Waals surface area contributed by atoms with Gasteiger partial charge in [0, 0.05) is 20.1 Å². The van der Waals surface area contributed by atoms with Crippen LogP contribution in [0.15, 0.2) is 18.2 Å². The minimum atomic E-state index is -0.734. The number of fused-ring (bicyclic) bond motifs is 1. The van der Waals surface area contributed by atoms with Gasteiger partial charge in [-0.2, -0.15) is 0 Å². The molecule has 1 fully saturated rings. The highest BCUT2D eigenvalue weighted by molar-refractivity contribution is 5.85. The zero-order chi connectivity index (χ0) is 16.3. The molecule has 3 N–H and O–H groups in total. The molecule has 0 spiro atoms. The molecule has 7 heteroatoms. The molecule has 0 aliphatic carbocycles. The Morgan fingerprint density at radius 3 is 2.96 bits per heavy atom. The fourth-order valence-electron chi connectivity index (χ4n) is 2.96. The van der Waals surface area contributed by atoms with Crippen molar-refractivity contribution in [2.45, 2.75) is 24.9 Å². The van der Waals surface area contributed by atoms with E-state index in [9.17, 15) is 9.18 Å². The highest BCUT2D eigenvalue weighted by Gasteiger charge is 2.39. The third-order valence-corrected chi connectivity index (χ3v) is 4.36. The predicted molar refractivity (Wildman–Crippen MR) is 84.6 cm³/mol. The van der Waals surface area contributed by atoms with Crippen molar-refractivity contribution in [3.05, 3.63) is 29.8 Å². The first kappa shape index (κ1) is 15.9. The van der Waals surface area contributed by atoms with Crippen LogP contribution >= 0.6 is 0 Å². The molecule has 6 nitrogen and oxygen atoms in total. The second-order valence-electron chi connectivity index (χ2n) is 5.80. The summed E-state index contributed by atoms with van der Waals surface area (Å²) in [5.41, 5.74) is 0.653. The smallest absolute Gasteiger partial charge is 0.252 e. The zero-order valence-electron chi connectivity index (χ0n) is 13.1. The molecule has 1 aliphatic rings. The molecule has 0 saturated carbocycles. The molecule has 3 rings (SSSR count). The molecule has 1 aromatic carbocycles. The van der Waals surface area contributed by atoms with Crippen LogP contribution in [0.25, 0.3) is 11.0 Å². The normalized spacial score (nSPS) is 17.3. The Hall–Kier alpha value is -1.99. The van der Waals surface area contributed by atoms with Gasteiger partial charge in [0.1, 0.15) is 17.2 Å². The first-order chi connectivity index (χ1) is 11.1. The Bertz CT molecular complexity index is 694. The number of aromatic amines is 1. The van der Waals surface area contributed by atoms with Crippen molar-refractivity contribution in [2.24, 2.45) is 0 Å². The van der Waals surface area contributed by atoms with Crippen LogP contribution in [-0.4, -0.2) is 48.2 Å². The number of nitrogens with one attached hydrogen (secondary N) is 3. The molecule has 0 unspecified atom stereocenters. The van der Waals surface area contributed by atoms with Crippen LogP contribution in [0, 0.1) is 5.82 Å². The summed E-state index contributed by atoms with van der Waals surface area (Å²) in [6.07, 6.45) is 1.89. The quantitative estimate of drug-likeness (QED) is 0.772. The average molecular weight is 320 g/mol. The number of methoxy groups -OCH3 is 1. The van der Waals surface area contributed by atoms with Crippen molar-refractivity contribution in [3.63, 3.8) is 0 Å². The number of hydrogen-bond donors (Lipinski definition) is 3. The van der Waals surface area contributed by atoms with Gasteiger partial charge in [-0.25, -0.2) is 9.37 Å². The van der Waals surface area contributed by atoms with Crippen LogP contribution in [0.3, 0.4) is 0 Å². The first-order valence-corrected chi connectivity index (χ1v) is 7.81. The number of carbonyl (C=O) groups excluding carboxylic acids is 1. The molecule has 23 heavy (non-hydrogen) atoms. The number of amides is 1. The van der Waals surface area contributed by atoms with Gasteiger partial charge in [0.05, 0.1) is 11.0 Å². The van der Waals surface area contributed by atoms with Crippen molar-refractivity contribution in [1.29, 1.82) is 0 Å². The Morgan fingerprint density at radius 2 is 2.22 bits per heavy atom. The highest BCUT2D eigenvalue weighted by atomic mass is 19.1. The van der Waals surface area contributed by atoms with Gasteiger partial charge in [-0.3, -0.25) is 4.79 Å². The second-order valence-corrected chi connectivity index (χ2v) is 5.80. The Kier molecular flexibility index (Phi) is 4.58. The maximum absolute atomic E-state index is 13.2. The lowest BCUT2D eigenvalue weighted by Gasteiger charge is -2.34. The van der Waals surface area contributed by atoms with Crippen molar-refractivity contribution < 1.29 is 13.9 Å². The number of imidazole rings is 1. The number of halogens is 1. The molecule has 1 saturated heterocycles. The van der Waals surface area contributed by atoms with Crippen molar-refractivity contribution in [1.82, 2.24) is 20.6 Å². The number of benzene rings is 1. The van der Waals surface area contributed by atoms with Gasteiger partial charge >= 0.3 is 0 Å². The molecule has 2 aromatic rings. The summed E-state index contributed by atoms with van der Waals surface area (Å²) in [5, 5.41) is 6.15. The Balaban J connectivity index is 1.58. The molecule has 0 bridgehead atoms. The highest BCUT2D eigenvalue weighted by Crippen LogP contribution is 2.22. The zero-order valence-corrected chi connectivity index (χ0v) is 13.1. The van der Waals surface area contributed by atoms with Crippen LogP contribution in [0.2, 0.25) is 0 Å². The van der Waals surface area contributed by atoms with Gasteiger partial charge in [0.2, 0.25) is 0 Å². The number of H-pyrrole nitrogens is 1. The largest absolute Gasteiger partial charge is 0.368 e. The molecule has 1 aromatic heterocycles. The summed E-state index contributed by atoms with van der Waals surface area (Å²) in [4.78, 5) is 19.9. The summed E-state index contributed by atoms with van der Waals surface area (Å²) in [5.74, 6) is 0.347. The van der Waals surface area contributed by atoms with E-state index in [1.54, 1.807) is 13.2 Å². The number of aromatic nitrogens is 2. The van der Waals surface area contributed by atoms with Crippen LogP contribution < -0.4 is 10.6 Å². The number of hydrogen-bond acceptors (Lipinski definition) is 4. The summed E-state index contributed by atoms with van der Waals surface area (Å²) in [6, 6.07) is 4.44. The standard InChI is InChI=1S/C16H21FN4O2/c1-23-16(5-8-18-9-6-16)15(22)19-7-4-14-20-12-3-2-11(17)10-13(12)21-14/h2-3,10,18H,4-9H2,1H3,(H,19,22)(H,20,21). The number of rotatable bonds is 5. The summed E-state index contributed by atoms with van der Waals surface area (Å²) in [6.45, 7) is 2.01. The lowest BCUT2D eigenvalue weighted by Crippen LogP contribution is -2.54. The summed E-state index contributed by atoms with van der Waals surface area (Å²) < 4.78 is 18.7. The summed E-state index contributed by atoms with van der Waals surface area (Å²) >= 11 is 0. The maximum atomic E-state index is 13.2. The van der Waals surface area contributed by atoms with E-state index in [1.807, 2.05) is 0 Å². The monoisotopic (exact) mass is 320 g/mol. The van der Waals surface area contributed by atoms with Crippen LogP contribution in [0.4, 0.5) is 4.39 Å². The number of piperidine rings is 1. The van der Waals surface area contributed by atoms with E-state index in [0.29, 0.717) is 31.3 Å². The third kappa shape index (κ3) is 3.35. The molecule has 0 radical (unpaired) electrons. The van der Waals surface area contributed by atoms with Crippen LogP contribution in [0.1, 0.15) is 18.7 Å². The maximum Gasteiger partial charge on any atom is 0.252 e. The van der Waals surface area contributed by atoms with E-state index in [2.05, 4.69) is 20.6 Å². The van der Waals surface area contributed by atoms with E-state index in [1.165, 1.54) is 12.1 Å². The molecule has 2 heterocycles. The van der Waals surface area contributed by atoms with E-state index < -0.39 is 5.60 Å². The number of ether oxygens (including phenoxy) is 1. The van der Waals surface area contributed by atoms with Gasteiger partial charge in [-0.05, 0) is 44.1 Å². The van der Waals surface area contributed by atoms with E-state index in [4.69, 9.17) is 4.74 Å². The van der Waals surface area contributed by atoms with Crippen LogP contribution in [0.5, 0.6) is 0 Å². The van der Waals surface area contributed by atoms with E-state index >= 15 is 0 Å². The lowest BCUT2D eigenvalue weighted by molar-refractivity contribution is -0.146. The fraction of sp³-hybridized carbons (Fsp3) is 0.500. The lowest BCUT2D eigenvalue weighted by atomic mass is 9.91. The third-order valence-electron chi connectivity index (χ3n) is 4.36. The minimum Gasteiger partial charge on any atom is -0.368 e. The molecule has 1 aliphatic heterocycles. The van der Waals surface area contributed by atoms with Gasteiger partial charge < -0.3 is 20.4 Å². The predicted octanol–water partition coefficient (Wildman–Crippen LogP) is 1.13. The van der Waals surface area contributed by atoms with Crippen molar-refractivity contribution >= 4 is 16.9 Å². The van der Waals surface area contributed by atoms with Crippen molar-refractivity contribution in [2.75, 3.05) is 26.7 Å². The second kappa shape index (κ2) is 6.64. The molecule has 1 amide bonds. The fourth-order valence-corrected chi connectivity index (χ4v) is 2.96. The number of carbonyl (C=O) groups is 1. The first-order valence-electron chi connectivity index (χ1n) is 7.81. The Labute approximate surface area is 133 Å². The number of nitrogens with zero attached hydrogens (tertiary/aromatic N) is 1. The van der Waals surface area contributed by atoms with Gasteiger partial charge in [-0.15, -0.1) is 0 Å². The molecule has 124 valence electrons. The van der Waals surface area contributed by atoms with Gasteiger partial charge in [-0.1, -0.05) is 0 Å². The summed E-state index contributed by atoms with van der Waals surface area (Å²) in [7, 11) is 1.58. The van der Waals surface area contributed by atoms with E-state index in [0.717, 1.165) is 24.4 Å². The van der Waals surface area contributed by atoms with Crippen LogP contribution in [-0.2, 0) is 16.0 Å². The van der Waals surface area contributed by atoms with Gasteiger partial charge in [0.25, 0.3) is 5.91 Å². The van der Waals surface area contributed by atoms with E-state index in [-0.39, 0.29) is 11.7 Å². The molecular formula is C16H21FN4O2. The van der Waals surface area contributed by atoms with Crippen molar-refractivity contribution in [3.8, 4) is 0 Å². The Morgan fingerprint density at radius 1 is 1.43 bits per heavy atom. The average Bonchev–Trinajstić information content (AvgIpc) is 2.97. The molecule has 0 atom stereocenters.